The van der Waals surface area contributed by atoms with Crippen molar-refractivity contribution >= 4 is 11.9 Å². The highest BCUT2D eigenvalue weighted by Crippen LogP contribution is 2.17. The molecule has 2 rings (SSSR count). The van der Waals surface area contributed by atoms with Gasteiger partial charge < -0.3 is 19.2 Å². The Bertz CT molecular complexity index is 635. The molecular weight excluding hydrogens is 286 g/mol. The van der Waals surface area contributed by atoms with Gasteiger partial charge in [-0.25, -0.2) is 0 Å². The Hall–Kier alpha value is -2.76. The maximum absolute atomic E-state index is 12.3. The van der Waals surface area contributed by atoms with Crippen molar-refractivity contribution < 1.29 is 23.8 Å². The lowest BCUT2D eigenvalue weighted by atomic mass is 10.2. The summed E-state index contributed by atoms with van der Waals surface area (Å²) in [5.74, 6) is -0.732. The van der Waals surface area contributed by atoms with E-state index in [0.717, 1.165) is 0 Å². The number of carboxylic acids is 1. The normalized spacial score (nSPS) is 10.2. The number of ether oxygens (including phenoxy) is 1. The standard InChI is InChI=1S/C16H17NO5/c1-2-17(10-14(18)19)16(20)15-12(8-9-21-15)11-22-13-6-4-3-5-7-13/h3-9H,2,10-11H2,1H3,(H,18,19). The van der Waals surface area contributed by atoms with E-state index in [1.807, 2.05) is 30.3 Å². The van der Waals surface area contributed by atoms with Crippen molar-refractivity contribution in [3.63, 3.8) is 0 Å². The van der Waals surface area contributed by atoms with Gasteiger partial charge in [0, 0.05) is 12.1 Å². The summed E-state index contributed by atoms with van der Waals surface area (Å²) >= 11 is 0. The highest BCUT2D eigenvalue weighted by molar-refractivity contribution is 5.94. The Morgan fingerprint density at radius 1 is 1.23 bits per heavy atom. The zero-order valence-electron chi connectivity index (χ0n) is 12.2. The topological polar surface area (TPSA) is 80.0 Å². The first-order chi connectivity index (χ1) is 10.6. The number of carbonyl (C=O) groups is 2. The summed E-state index contributed by atoms with van der Waals surface area (Å²) in [6.07, 6.45) is 1.39. The molecule has 1 aromatic heterocycles. The number of rotatable bonds is 7. The summed E-state index contributed by atoms with van der Waals surface area (Å²) < 4.78 is 10.8. The molecule has 0 spiro atoms. The van der Waals surface area contributed by atoms with Crippen LogP contribution in [-0.4, -0.2) is 35.0 Å². The third-order valence-electron chi connectivity index (χ3n) is 3.07. The van der Waals surface area contributed by atoms with E-state index in [2.05, 4.69) is 0 Å². The number of para-hydroxylation sites is 1. The van der Waals surface area contributed by atoms with Gasteiger partial charge in [0.15, 0.2) is 5.76 Å². The summed E-state index contributed by atoms with van der Waals surface area (Å²) in [5, 5.41) is 8.83. The smallest absolute Gasteiger partial charge is 0.323 e. The van der Waals surface area contributed by atoms with Crippen LogP contribution < -0.4 is 4.74 Å². The van der Waals surface area contributed by atoms with Crippen molar-refractivity contribution in [1.82, 2.24) is 4.90 Å². The first kappa shape index (κ1) is 15.6. The van der Waals surface area contributed by atoms with Gasteiger partial charge in [0.1, 0.15) is 18.9 Å². The fourth-order valence-electron chi connectivity index (χ4n) is 1.95. The van der Waals surface area contributed by atoms with Crippen LogP contribution in [0.2, 0.25) is 0 Å². The summed E-state index contributed by atoms with van der Waals surface area (Å²) in [6, 6.07) is 10.8. The second-order valence-electron chi connectivity index (χ2n) is 4.59. The van der Waals surface area contributed by atoms with Gasteiger partial charge in [-0.3, -0.25) is 9.59 Å². The molecule has 0 saturated heterocycles. The minimum atomic E-state index is -1.07. The largest absolute Gasteiger partial charge is 0.489 e. The van der Waals surface area contributed by atoms with E-state index in [4.69, 9.17) is 14.3 Å². The van der Waals surface area contributed by atoms with Crippen LogP contribution in [0.4, 0.5) is 0 Å². The molecule has 0 aliphatic heterocycles. The Labute approximate surface area is 127 Å². The molecule has 0 unspecified atom stereocenters. The van der Waals surface area contributed by atoms with Crippen molar-refractivity contribution in [2.75, 3.05) is 13.1 Å². The Balaban J connectivity index is 2.08. The highest BCUT2D eigenvalue weighted by Gasteiger charge is 2.23. The zero-order valence-corrected chi connectivity index (χ0v) is 12.2. The maximum atomic E-state index is 12.3. The second kappa shape index (κ2) is 7.31. The Kier molecular flexibility index (Phi) is 5.19. The molecule has 116 valence electrons. The van der Waals surface area contributed by atoms with Crippen LogP contribution in [0, 0.1) is 0 Å². The first-order valence-corrected chi connectivity index (χ1v) is 6.87. The highest BCUT2D eigenvalue weighted by atomic mass is 16.5. The molecule has 0 radical (unpaired) electrons. The summed E-state index contributed by atoms with van der Waals surface area (Å²) in [4.78, 5) is 24.3. The minimum Gasteiger partial charge on any atom is -0.489 e. The number of amides is 1. The van der Waals surface area contributed by atoms with Crippen LogP contribution in [0.3, 0.4) is 0 Å². The molecule has 0 aliphatic rings. The van der Waals surface area contributed by atoms with Crippen LogP contribution >= 0.6 is 0 Å². The first-order valence-electron chi connectivity index (χ1n) is 6.87. The zero-order chi connectivity index (χ0) is 15.9. The molecule has 0 saturated carbocycles. The number of hydrogen-bond donors (Lipinski definition) is 1. The Morgan fingerprint density at radius 2 is 1.95 bits per heavy atom. The van der Waals surface area contributed by atoms with Gasteiger partial charge in [0.05, 0.1) is 6.26 Å². The predicted octanol–water partition coefficient (Wildman–Crippen LogP) is 2.41. The third kappa shape index (κ3) is 3.88. The van der Waals surface area contributed by atoms with Gasteiger partial charge in [0.25, 0.3) is 5.91 Å². The number of furan rings is 1. The van der Waals surface area contributed by atoms with Crippen LogP contribution in [0.1, 0.15) is 23.0 Å². The monoisotopic (exact) mass is 303 g/mol. The molecule has 0 fully saturated rings. The van der Waals surface area contributed by atoms with Gasteiger partial charge in [-0.15, -0.1) is 0 Å². The number of benzene rings is 1. The van der Waals surface area contributed by atoms with Crippen LogP contribution in [-0.2, 0) is 11.4 Å². The lowest BCUT2D eigenvalue weighted by Crippen LogP contribution is -2.35. The van der Waals surface area contributed by atoms with E-state index in [1.54, 1.807) is 13.0 Å². The molecule has 0 aliphatic carbocycles. The van der Waals surface area contributed by atoms with E-state index >= 15 is 0 Å². The van der Waals surface area contributed by atoms with Crippen molar-refractivity contribution in [2.24, 2.45) is 0 Å². The number of aliphatic carboxylic acids is 1. The molecule has 22 heavy (non-hydrogen) atoms. The lowest BCUT2D eigenvalue weighted by molar-refractivity contribution is -0.137. The van der Waals surface area contributed by atoms with E-state index < -0.39 is 11.9 Å². The molecule has 2 aromatic rings. The molecule has 1 aromatic carbocycles. The summed E-state index contributed by atoms with van der Waals surface area (Å²) in [5.41, 5.74) is 0.581. The fraction of sp³-hybridized carbons (Fsp3) is 0.250. The lowest BCUT2D eigenvalue weighted by Gasteiger charge is -2.17. The summed E-state index contributed by atoms with van der Waals surface area (Å²) in [6.45, 7) is 1.80. The molecule has 0 bridgehead atoms. The third-order valence-corrected chi connectivity index (χ3v) is 3.07. The number of carbonyl (C=O) groups excluding carboxylic acids is 1. The summed E-state index contributed by atoms with van der Waals surface area (Å²) in [7, 11) is 0. The second-order valence-corrected chi connectivity index (χ2v) is 4.59. The maximum Gasteiger partial charge on any atom is 0.323 e. The van der Waals surface area contributed by atoms with Gasteiger partial charge in [-0.05, 0) is 25.1 Å². The molecule has 1 heterocycles. The molecule has 0 atom stereocenters. The molecule has 1 N–H and O–H groups in total. The van der Waals surface area contributed by atoms with Crippen molar-refractivity contribution in [1.29, 1.82) is 0 Å². The quantitative estimate of drug-likeness (QED) is 0.849. The van der Waals surface area contributed by atoms with Crippen molar-refractivity contribution in [2.45, 2.75) is 13.5 Å². The number of nitrogens with zero attached hydrogens (tertiary/aromatic N) is 1. The van der Waals surface area contributed by atoms with Crippen LogP contribution in [0.25, 0.3) is 0 Å². The van der Waals surface area contributed by atoms with Crippen LogP contribution in [0.15, 0.2) is 47.1 Å². The van der Waals surface area contributed by atoms with Gasteiger partial charge >= 0.3 is 5.97 Å². The SMILES string of the molecule is CCN(CC(=O)O)C(=O)c1occc1COc1ccccc1. The molecule has 6 heteroatoms. The number of hydrogen-bond acceptors (Lipinski definition) is 4. The van der Waals surface area contributed by atoms with E-state index in [1.165, 1.54) is 11.2 Å². The molecular formula is C16H17NO5. The minimum absolute atomic E-state index is 0.110. The number of carboxylic acid groups (broad SMARTS) is 1. The fourth-order valence-corrected chi connectivity index (χ4v) is 1.95. The van der Waals surface area contributed by atoms with E-state index in [-0.39, 0.29) is 25.5 Å². The van der Waals surface area contributed by atoms with Crippen molar-refractivity contribution in [3.05, 3.63) is 54.0 Å². The number of likely N-dealkylation sites (N-methyl/N-ethyl adjacent to an activating group) is 1. The predicted molar refractivity (Wildman–Crippen MR) is 78.7 cm³/mol. The van der Waals surface area contributed by atoms with Gasteiger partial charge in [0.2, 0.25) is 0 Å². The van der Waals surface area contributed by atoms with E-state index in [9.17, 15) is 9.59 Å². The van der Waals surface area contributed by atoms with Gasteiger partial charge in [-0.2, -0.15) is 0 Å². The average Bonchev–Trinajstić information content (AvgIpc) is 2.99. The average molecular weight is 303 g/mol. The molecule has 6 nitrogen and oxygen atoms in total. The van der Waals surface area contributed by atoms with E-state index in [0.29, 0.717) is 11.3 Å². The molecule has 1 amide bonds. The van der Waals surface area contributed by atoms with Crippen molar-refractivity contribution in [3.8, 4) is 5.75 Å². The van der Waals surface area contributed by atoms with Gasteiger partial charge in [-0.1, -0.05) is 18.2 Å². The Morgan fingerprint density at radius 3 is 2.59 bits per heavy atom. The van der Waals surface area contributed by atoms with Crippen LogP contribution in [0.5, 0.6) is 5.75 Å².